The number of nitrogens with zero attached hydrogens (tertiary/aromatic N) is 1. The molecule has 0 saturated heterocycles. The number of thioether (sulfide) groups is 1. The lowest BCUT2D eigenvalue weighted by atomic mass is 9.80. The first-order valence-electron chi connectivity index (χ1n) is 8.47. The number of hydrogen-bond donors (Lipinski definition) is 1. The number of nitriles is 1. The molecule has 4 unspecified atom stereocenters. The van der Waals surface area contributed by atoms with Crippen molar-refractivity contribution in [2.45, 2.75) is 29.1 Å². The highest BCUT2D eigenvalue weighted by molar-refractivity contribution is 7.98. The van der Waals surface area contributed by atoms with Crippen molar-refractivity contribution in [3.05, 3.63) is 24.3 Å². The lowest BCUT2D eigenvalue weighted by Gasteiger charge is -2.29. The SMILES string of the molecule is CSc1ccc(S(=O)(=O)CC2C3CCC(C3)C2C(=O)NCC#N)cc1. The predicted molar refractivity (Wildman–Crippen MR) is 96.7 cm³/mol. The number of benzene rings is 1. The Morgan fingerprint density at radius 3 is 2.60 bits per heavy atom. The normalized spacial score (nSPS) is 27.8. The number of sulfone groups is 1. The number of carbonyl (C=O) groups is 1. The second-order valence-corrected chi connectivity index (χ2v) is 9.77. The van der Waals surface area contributed by atoms with Crippen molar-refractivity contribution in [2.75, 3.05) is 18.6 Å². The largest absolute Gasteiger partial charge is 0.343 e. The van der Waals surface area contributed by atoms with Crippen LogP contribution in [0.5, 0.6) is 0 Å². The number of carbonyl (C=O) groups excluding carboxylic acids is 1. The van der Waals surface area contributed by atoms with E-state index in [0.717, 1.165) is 24.2 Å². The van der Waals surface area contributed by atoms with E-state index < -0.39 is 9.84 Å². The molecular weight excluding hydrogens is 356 g/mol. The minimum Gasteiger partial charge on any atom is -0.343 e. The molecular formula is C18H22N2O3S2. The van der Waals surface area contributed by atoms with Crippen molar-refractivity contribution in [3.8, 4) is 6.07 Å². The van der Waals surface area contributed by atoms with E-state index in [1.54, 1.807) is 23.9 Å². The molecule has 1 aromatic carbocycles. The molecule has 2 aliphatic rings. The molecule has 4 atom stereocenters. The van der Waals surface area contributed by atoms with Gasteiger partial charge in [0.15, 0.2) is 9.84 Å². The molecule has 2 fully saturated rings. The van der Waals surface area contributed by atoms with Gasteiger partial charge < -0.3 is 5.32 Å². The molecule has 134 valence electrons. The summed E-state index contributed by atoms with van der Waals surface area (Å²) in [6.45, 7) is -0.0255. The van der Waals surface area contributed by atoms with Gasteiger partial charge in [-0.15, -0.1) is 11.8 Å². The molecule has 25 heavy (non-hydrogen) atoms. The number of fused-ring (bicyclic) bond motifs is 2. The summed E-state index contributed by atoms with van der Waals surface area (Å²) in [5, 5.41) is 11.3. The minimum atomic E-state index is -3.43. The van der Waals surface area contributed by atoms with Gasteiger partial charge in [0, 0.05) is 10.8 Å². The van der Waals surface area contributed by atoms with Crippen LogP contribution in [-0.2, 0) is 14.6 Å². The van der Waals surface area contributed by atoms with Crippen molar-refractivity contribution in [2.24, 2.45) is 23.7 Å². The molecule has 1 N–H and O–H groups in total. The van der Waals surface area contributed by atoms with Gasteiger partial charge in [-0.3, -0.25) is 4.79 Å². The summed E-state index contributed by atoms with van der Waals surface area (Å²) in [5.41, 5.74) is 0. The van der Waals surface area contributed by atoms with Crippen LogP contribution in [0.25, 0.3) is 0 Å². The Morgan fingerprint density at radius 2 is 1.96 bits per heavy atom. The molecule has 0 aliphatic heterocycles. The summed E-state index contributed by atoms with van der Waals surface area (Å²) >= 11 is 1.57. The molecule has 1 aromatic rings. The van der Waals surface area contributed by atoms with Crippen LogP contribution in [0.2, 0.25) is 0 Å². The summed E-state index contributed by atoms with van der Waals surface area (Å²) in [6, 6.07) is 8.85. The van der Waals surface area contributed by atoms with Gasteiger partial charge in [-0.25, -0.2) is 8.42 Å². The maximum absolute atomic E-state index is 12.9. The fraction of sp³-hybridized carbons (Fsp3) is 0.556. The Labute approximate surface area is 153 Å². The molecule has 2 bridgehead atoms. The third kappa shape index (κ3) is 3.70. The van der Waals surface area contributed by atoms with Crippen LogP contribution in [0.1, 0.15) is 19.3 Å². The Balaban J connectivity index is 1.79. The molecule has 5 nitrogen and oxygen atoms in total. The molecule has 7 heteroatoms. The zero-order valence-corrected chi connectivity index (χ0v) is 15.8. The van der Waals surface area contributed by atoms with Crippen molar-refractivity contribution in [3.63, 3.8) is 0 Å². The van der Waals surface area contributed by atoms with Crippen LogP contribution in [0.15, 0.2) is 34.1 Å². The van der Waals surface area contributed by atoms with E-state index in [4.69, 9.17) is 5.26 Å². The highest BCUT2D eigenvalue weighted by atomic mass is 32.2. The molecule has 0 heterocycles. The van der Waals surface area contributed by atoms with Crippen molar-refractivity contribution in [1.82, 2.24) is 5.32 Å². The topological polar surface area (TPSA) is 87.0 Å². The van der Waals surface area contributed by atoms with Gasteiger partial charge in [0.25, 0.3) is 0 Å². The summed E-state index contributed by atoms with van der Waals surface area (Å²) in [7, 11) is -3.43. The summed E-state index contributed by atoms with van der Waals surface area (Å²) in [5.74, 6) is -0.0372. The second kappa shape index (κ2) is 7.38. The number of hydrogen-bond acceptors (Lipinski definition) is 5. The van der Waals surface area contributed by atoms with E-state index in [1.165, 1.54) is 0 Å². The molecule has 2 saturated carbocycles. The van der Waals surface area contributed by atoms with Gasteiger partial charge in [0.2, 0.25) is 5.91 Å². The van der Waals surface area contributed by atoms with E-state index >= 15 is 0 Å². The maximum atomic E-state index is 12.9. The van der Waals surface area contributed by atoms with Crippen LogP contribution in [0.3, 0.4) is 0 Å². The molecule has 2 aliphatic carbocycles. The standard InChI is InChI=1S/C18H22N2O3S2/c1-24-14-4-6-15(7-5-14)25(22,23)11-16-12-2-3-13(10-12)17(16)18(21)20-9-8-19/h4-7,12-13,16-17H,2-3,9-11H2,1H3,(H,20,21). The smallest absolute Gasteiger partial charge is 0.224 e. The fourth-order valence-electron chi connectivity index (χ4n) is 4.44. The Hall–Kier alpha value is -1.52. The van der Waals surface area contributed by atoms with Crippen molar-refractivity contribution >= 4 is 27.5 Å². The van der Waals surface area contributed by atoms with Crippen LogP contribution in [0.4, 0.5) is 0 Å². The lowest BCUT2D eigenvalue weighted by Crippen LogP contribution is -2.40. The van der Waals surface area contributed by atoms with Gasteiger partial charge in [0.05, 0.1) is 16.7 Å². The van der Waals surface area contributed by atoms with Crippen LogP contribution < -0.4 is 5.32 Å². The predicted octanol–water partition coefficient (Wildman–Crippen LogP) is 2.48. The third-order valence-corrected chi connectivity index (χ3v) is 8.12. The number of amides is 1. The Morgan fingerprint density at radius 1 is 1.28 bits per heavy atom. The highest BCUT2D eigenvalue weighted by Crippen LogP contribution is 2.53. The van der Waals surface area contributed by atoms with E-state index in [2.05, 4.69) is 5.32 Å². The number of rotatable bonds is 6. The molecule has 0 spiro atoms. The Bertz CT molecular complexity index is 784. The fourth-order valence-corrected chi connectivity index (χ4v) is 6.57. The van der Waals surface area contributed by atoms with Gasteiger partial charge in [-0.05, 0) is 67.5 Å². The van der Waals surface area contributed by atoms with Crippen LogP contribution in [0, 0.1) is 35.0 Å². The summed E-state index contributed by atoms with van der Waals surface area (Å²) in [6.07, 6.45) is 4.85. The summed E-state index contributed by atoms with van der Waals surface area (Å²) in [4.78, 5) is 13.8. The van der Waals surface area contributed by atoms with Crippen molar-refractivity contribution in [1.29, 1.82) is 5.26 Å². The van der Waals surface area contributed by atoms with E-state index in [-0.39, 0.29) is 36.0 Å². The zero-order valence-electron chi connectivity index (χ0n) is 14.1. The van der Waals surface area contributed by atoms with Gasteiger partial charge >= 0.3 is 0 Å². The lowest BCUT2D eigenvalue weighted by molar-refractivity contribution is -0.127. The minimum absolute atomic E-state index is 0.0113. The molecule has 3 rings (SSSR count). The second-order valence-electron chi connectivity index (χ2n) is 6.86. The first-order chi connectivity index (χ1) is 12.0. The highest BCUT2D eigenvalue weighted by Gasteiger charge is 2.51. The van der Waals surface area contributed by atoms with Crippen molar-refractivity contribution < 1.29 is 13.2 Å². The first-order valence-corrected chi connectivity index (χ1v) is 11.4. The molecule has 0 aromatic heterocycles. The Kier molecular flexibility index (Phi) is 5.40. The van der Waals surface area contributed by atoms with E-state index in [9.17, 15) is 13.2 Å². The third-order valence-electron chi connectivity index (χ3n) is 5.56. The number of nitrogens with one attached hydrogen (secondary N) is 1. The summed E-state index contributed by atoms with van der Waals surface area (Å²) < 4.78 is 25.7. The van der Waals surface area contributed by atoms with Gasteiger partial charge in [-0.2, -0.15) is 5.26 Å². The van der Waals surface area contributed by atoms with E-state index in [0.29, 0.717) is 10.8 Å². The van der Waals surface area contributed by atoms with Gasteiger partial charge in [-0.1, -0.05) is 0 Å². The average Bonchev–Trinajstić information content (AvgIpc) is 3.21. The molecule has 0 radical (unpaired) electrons. The molecule has 1 amide bonds. The van der Waals surface area contributed by atoms with Crippen LogP contribution in [-0.4, -0.2) is 32.9 Å². The average molecular weight is 379 g/mol. The van der Waals surface area contributed by atoms with E-state index in [1.807, 2.05) is 24.5 Å². The quantitative estimate of drug-likeness (QED) is 0.607. The monoisotopic (exact) mass is 378 g/mol. The maximum Gasteiger partial charge on any atom is 0.224 e. The zero-order chi connectivity index (χ0) is 18.0. The van der Waals surface area contributed by atoms with Gasteiger partial charge in [0.1, 0.15) is 6.54 Å². The van der Waals surface area contributed by atoms with Crippen LogP contribution >= 0.6 is 11.8 Å². The first kappa shape index (κ1) is 18.3.